The molecule has 1 aromatic heterocycles. The monoisotopic (exact) mass is 263 g/mol. The van der Waals surface area contributed by atoms with Crippen molar-refractivity contribution < 1.29 is 0 Å². The molecule has 1 unspecified atom stereocenters. The van der Waals surface area contributed by atoms with E-state index in [4.69, 9.17) is 10.8 Å². The van der Waals surface area contributed by atoms with Crippen LogP contribution in [0.2, 0.25) is 0 Å². The molecule has 0 amide bonds. The fourth-order valence-electron chi connectivity index (χ4n) is 3.41. The molecule has 0 radical (unpaired) electrons. The molecule has 1 aliphatic rings. The summed E-state index contributed by atoms with van der Waals surface area (Å²) in [6, 6.07) is 0.772. The molecule has 0 aromatic carbocycles. The molecule has 0 saturated heterocycles. The molecule has 1 fully saturated rings. The molecule has 1 atom stereocenters. The second-order valence-corrected chi connectivity index (χ2v) is 5.77. The second kappa shape index (κ2) is 6.56. The first-order chi connectivity index (χ1) is 9.22. The topological polar surface area (TPSA) is 43.8 Å². The van der Waals surface area contributed by atoms with Crippen LogP contribution in [0.3, 0.4) is 0 Å². The zero-order chi connectivity index (χ0) is 13.8. The molecule has 2 rings (SSSR count). The molecule has 0 bridgehead atoms. The van der Waals surface area contributed by atoms with Crippen LogP contribution < -0.4 is 5.73 Å². The smallest absolute Gasteiger partial charge is 0.0672 e. The van der Waals surface area contributed by atoms with Gasteiger partial charge in [-0.3, -0.25) is 4.68 Å². The molecule has 3 nitrogen and oxygen atoms in total. The Morgan fingerprint density at radius 1 is 1.16 bits per heavy atom. The van der Waals surface area contributed by atoms with E-state index in [0.29, 0.717) is 6.04 Å². The first-order valence-corrected chi connectivity index (χ1v) is 8.08. The number of hydrogen-bond acceptors (Lipinski definition) is 2. The molecule has 1 saturated carbocycles. The summed E-state index contributed by atoms with van der Waals surface area (Å²) in [5.74, 6) is 0. The van der Waals surface area contributed by atoms with Crippen molar-refractivity contribution in [3.05, 3.63) is 17.0 Å². The lowest BCUT2D eigenvalue weighted by Crippen LogP contribution is -2.18. The SMILES string of the molecule is CCc1nn(C2CCCCC2)c(CC)c1C(N)CC. The zero-order valence-electron chi connectivity index (χ0n) is 12.8. The van der Waals surface area contributed by atoms with E-state index in [1.807, 2.05) is 0 Å². The average molecular weight is 263 g/mol. The van der Waals surface area contributed by atoms with E-state index in [1.165, 1.54) is 49.1 Å². The largest absolute Gasteiger partial charge is 0.324 e. The van der Waals surface area contributed by atoms with Crippen LogP contribution in [0.4, 0.5) is 0 Å². The van der Waals surface area contributed by atoms with Crippen LogP contribution in [0.1, 0.15) is 88.3 Å². The van der Waals surface area contributed by atoms with Gasteiger partial charge < -0.3 is 5.73 Å². The van der Waals surface area contributed by atoms with Gasteiger partial charge in [-0.15, -0.1) is 0 Å². The van der Waals surface area contributed by atoms with Gasteiger partial charge in [0.2, 0.25) is 0 Å². The molecule has 0 spiro atoms. The number of nitrogens with zero attached hydrogens (tertiary/aromatic N) is 2. The first kappa shape index (κ1) is 14.6. The van der Waals surface area contributed by atoms with Gasteiger partial charge >= 0.3 is 0 Å². The summed E-state index contributed by atoms with van der Waals surface area (Å²) >= 11 is 0. The third-order valence-electron chi connectivity index (χ3n) is 4.53. The Kier molecular flexibility index (Phi) is 5.03. The second-order valence-electron chi connectivity index (χ2n) is 5.77. The van der Waals surface area contributed by atoms with Gasteiger partial charge in [0, 0.05) is 17.3 Å². The van der Waals surface area contributed by atoms with E-state index >= 15 is 0 Å². The number of rotatable bonds is 5. The van der Waals surface area contributed by atoms with Crippen molar-refractivity contribution >= 4 is 0 Å². The molecular weight excluding hydrogens is 234 g/mol. The Morgan fingerprint density at radius 3 is 2.37 bits per heavy atom. The minimum absolute atomic E-state index is 0.155. The molecule has 1 aromatic rings. The molecular formula is C16H29N3. The molecule has 1 heterocycles. The van der Waals surface area contributed by atoms with Gasteiger partial charge in [-0.1, -0.05) is 40.0 Å². The average Bonchev–Trinajstić information content (AvgIpc) is 2.85. The number of aryl methyl sites for hydroxylation is 1. The van der Waals surface area contributed by atoms with E-state index in [9.17, 15) is 0 Å². The standard InChI is InChI=1S/C16H29N3/c1-4-13(17)16-14(5-2)18-19(15(16)6-3)12-10-8-7-9-11-12/h12-13H,4-11,17H2,1-3H3. The Hall–Kier alpha value is -0.830. The highest BCUT2D eigenvalue weighted by Gasteiger charge is 2.25. The Balaban J connectivity index is 2.39. The van der Waals surface area contributed by atoms with E-state index in [0.717, 1.165) is 19.3 Å². The zero-order valence-corrected chi connectivity index (χ0v) is 12.8. The summed E-state index contributed by atoms with van der Waals surface area (Å²) < 4.78 is 2.34. The fraction of sp³-hybridized carbons (Fsp3) is 0.812. The van der Waals surface area contributed by atoms with Crippen molar-refractivity contribution in [1.82, 2.24) is 9.78 Å². The normalized spacial score (nSPS) is 18.7. The lowest BCUT2D eigenvalue weighted by atomic mass is 9.94. The van der Waals surface area contributed by atoms with Crippen LogP contribution in [0.15, 0.2) is 0 Å². The maximum absolute atomic E-state index is 6.34. The molecule has 0 aliphatic heterocycles. The van der Waals surface area contributed by atoms with Gasteiger partial charge in [0.15, 0.2) is 0 Å². The van der Waals surface area contributed by atoms with Crippen LogP contribution in [0.25, 0.3) is 0 Å². The summed E-state index contributed by atoms with van der Waals surface area (Å²) in [5.41, 5.74) is 10.3. The van der Waals surface area contributed by atoms with Gasteiger partial charge in [-0.25, -0.2) is 0 Å². The maximum Gasteiger partial charge on any atom is 0.0672 e. The van der Waals surface area contributed by atoms with Gasteiger partial charge in [0.05, 0.1) is 11.7 Å². The van der Waals surface area contributed by atoms with Crippen molar-refractivity contribution in [1.29, 1.82) is 0 Å². The van der Waals surface area contributed by atoms with Crippen LogP contribution in [0, 0.1) is 0 Å². The van der Waals surface area contributed by atoms with Gasteiger partial charge in [0.1, 0.15) is 0 Å². The summed E-state index contributed by atoms with van der Waals surface area (Å²) in [7, 11) is 0. The van der Waals surface area contributed by atoms with Crippen molar-refractivity contribution in [2.45, 2.75) is 84.2 Å². The Bertz CT molecular complexity index is 402. The van der Waals surface area contributed by atoms with E-state index in [-0.39, 0.29) is 6.04 Å². The molecule has 19 heavy (non-hydrogen) atoms. The third kappa shape index (κ3) is 2.86. The van der Waals surface area contributed by atoms with Crippen LogP contribution in [0.5, 0.6) is 0 Å². The number of aromatic nitrogens is 2. The summed E-state index contributed by atoms with van der Waals surface area (Å²) in [5, 5.41) is 4.93. The predicted octanol–water partition coefficient (Wildman–Crippen LogP) is 3.92. The van der Waals surface area contributed by atoms with E-state index < -0.39 is 0 Å². The highest BCUT2D eigenvalue weighted by atomic mass is 15.3. The van der Waals surface area contributed by atoms with Crippen molar-refractivity contribution in [2.75, 3.05) is 0 Å². The lowest BCUT2D eigenvalue weighted by molar-refractivity contribution is 0.321. The number of hydrogen-bond donors (Lipinski definition) is 1. The minimum Gasteiger partial charge on any atom is -0.324 e. The summed E-state index contributed by atoms with van der Waals surface area (Å²) in [4.78, 5) is 0. The molecule has 1 aliphatic carbocycles. The predicted molar refractivity (Wildman–Crippen MR) is 80.3 cm³/mol. The quantitative estimate of drug-likeness (QED) is 0.875. The highest BCUT2D eigenvalue weighted by molar-refractivity contribution is 5.30. The van der Waals surface area contributed by atoms with Crippen LogP contribution >= 0.6 is 0 Å². The number of nitrogens with two attached hydrogens (primary N) is 1. The maximum atomic E-state index is 6.34. The molecule has 2 N–H and O–H groups in total. The molecule has 108 valence electrons. The van der Waals surface area contributed by atoms with Gasteiger partial charge in [-0.05, 0) is 32.1 Å². The van der Waals surface area contributed by atoms with Crippen molar-refractivity contribution in [3.8, 4) is 0 Å². The first-order valence-electron chi connectivity index (χ1n) is 8.08. The Labute approximate surface area is 117 Å². The van der Waals surface area contributed by atoms with Gasteiger partial charge in [0.25, 0.3) is 0 Å². The summed E-state index contributed by atoms with van der Waals surface area (Å²) in [6.45, 7) is 6.60. The minimum atomic E-state index is 0.155. The Morgan fingerprint density at radius 2 is 1.84 bits per heavy atom. The van der Waals surface area contributed by atoms with Crippen LogP contribution in [-0.4, -0.2) is 9.78 Å². The fourth-order valence-corrected chi connectivity index (χ4v) is 3.41. The van der Waals surface area contributed by atoms with Crippen molar-refractivity contribution in [2.24, 2.45) is 5.73 Å². The third-order valence-corrected chi connectivity index (χ3v) is 4.53. The highest BCUT2D eigenvalue weighted by Crippen LogP contribution is 2.33. The van der Waals surface area contributed by atoms with E-state index in [2.05, 4.69) is 25.5 Å². The van der Waals surface area contributed by atoms with E-state index in [1.54, 1.807) is 0 Å². The lowest BCUT2D eigenvalue weighted by Gasteiger charge is -2.24. The molecule has 3 heteroatoms. The van der Waals surface area contributed by atoms with Crippen molar-refractivity contribution in [3.63, 3.8) is 0 Å². The van der Waals surface area contributed by atoms with Gasteiger partial charge in [-0.2, -0.15) is 5.10 Å². The summed E-state index contributed by atoms with van der Waals surface area (Å²) in [6.07, 6.45) is 9.71. The van der Waals surface area contributed by atoms with Crippen LogP contribution in [-0.2, 0) is 12.8 Å².